The van der Waals surface area contributed by atoms with Crippen LogP contribution in [0.4, 0.5) is 5.13 Å². The summed E-state index contributed by atoms with van der Waals surface area (Å²) in [6.45, 7) is 0. The van der Waals surface area contributed by atoms with E-state index in [0.717, 1.165) is 11.3 Å². The molecule has 3 atom stereocenters. The number of carbonyl (C=O) groups is 3. The third-order valence-electron chi connectivity index (χ3n) is 4.70. The number of nitrogens with one attached hydrogen (secondary N) is 1. The maximum absolute atomic E-state index is 13.1. The summed E-state index contributed by atoms with van der Waals surface area (Å²) in [4.78, 5) is 47.7. The fourth-order valence-electron chi connectivity index (χ4n) is 3.37. The van der Waals surface area contributed by atoms with E-state index in [2.05, 4.69) is 15.5 Å². The van der Waals surface area contributed by atoms with Crippen LogP contribution in [0.25, 0.3) is 0 Å². The zero-order chi connectivity index (χ0) is 22.1. The Labute approximate surface area is 188 Å². The van der Waals surface area contributed by atoms with Gasteiger partial charge in [0.05, 0.1) is 5.38 Å². The van der Waals surface area contributed by atoms with Crippen LogP contribution in [-0.2, 0) is 19.2 Å². The number of hydrogen-bond acceptors (Lipinski definition) is 10. The Morgan fingerprint density at radius 1 is 1.52 bits per heavy atom. The molecule has 0 aliphatic carbocycles. The molecule has 162 valence electrons. The van der Waals surface area contributed by atoms with Crippen molar-refractivity contribution in [2.24, 2.45) is 11.1 Å². The molecule has 0 bridgehead atoms. The molecule has 0 spiro atoms. The second-order valence-electron chi connectivity index (χ2n) is 6.44. The second kappa shape index (κ2) is 8.64. The zero-order valence-electron chi connectivity index (χ0n) is 16.0. The Bertz CT molecular complexity index is 1080. The van der Waals surface area contributed by atoms with Crippen LogP contribution in [0, 0.1) is 5.92 Å². The van der Waals surface area contributed by atoms with E-state index in [-0.39, 0.29) is 28.1 Å². The van der Waals surface area contributed by atoms with Crippen LogP contribution in [0.5, 0.6) is 0 Å². The molecule has 1 saturated heterocycles. The average molecular weight is 482 g/mol. The molecule has 11 nitrogen and oxygen atoms in total. The van der Waals surface area contributed by atoms with E-state index in [1.165, 1.54) is 41.2 Å². The number of aliphatic carboxylic acids is 1. The molecule has 4 rings (SSSR count). The third-order valence-corrected chi connectivity index (χ3v) is 7.23. The molecule has 0 aromatic carbocycles. The van der Waals surface area contributed by atoms with Crippen LogP contribution in [0.1, 0.15) is 11.9 Å². The first-order valence-electron chi connectivity index (χ1n) is 8.86. The summed E-state index contributed by atoms with van der Waals surface area (Å²) in [6.07, 6.45) is 2.49. The van der Waals surface area contributed by atoms with Gasteiger partial charge in [0.15, 0.2) is 23.0 Å². The summed E-state index contributed by atoms with van der Waals surface area (Å²) in [5.74, 6) is -2.34. The minimum atomic E-state index is -1.16. The standard InChI is InChI=1S/C17H16N6O5S3/c1-28-21-11(8-6-31-17(18)19-8)13(24)20-12(22-3-5-29-7-22)10-14(25)23-9(16(26)27)2-4-30-15(10)23/h2-3,5-7,10,12,15H,4H2,1H3,(H3-,18,19,20,24,26,27)/p+1/t10-,12?,15-/m0/s1. The monoisotopic (exact) mass is 481 g/mol. The predicted molar refractivity (Wildman–Crippen MR) is 114 cm³/mol. The molecule has 1 unspecified atom stereocenters. The summed E-state index contributed by atoms with van der Waals surface area (Å²) in [7, 11) is 1.31. The first kappa shape index (κ1) is 21.3. The molecule has 2 aliphatic rings. The Morgan fingerprint density at radius 2 is 2.32 bits per heavy atom. The molecule has 2 aromatic heterocycles. The molecular weight excluding hydrogens is 464 g/mol. The van der Waals surface area contributed by atoms with Gasteiger partial charge in [-0.05, 0) is 6.08 Å². The number of anilines is 1. The van der Waals surface area contributed by atoms with E-state index in [1.54, 1.807) is 21.7 Å². The maximum Gasteiger partial charge on any atom is 0.352 e. The van der Waals surface area contributed by atoms with Gasteiger partial charge < -0.3 is 15.7 Å². The average Bonchev–Trinajstić information content (AvgIpc) is 3.42. The van der Waals surface area contributed by atoms with Gasteiger partial charge in [0.25, 0.3) is 5.91 Å². The van der Waals surface area contributed by atoms with Crippen molar-refractivity contribution in [2.75, 3.05) is 18.6 Å². The SMILES string of the molecule is CON=C(C(=O)NC([C@H]1C(=O)N2C(C(=O)O)=CCS[C@@H]12)[n+]1ccsc1)c1csc(N)n1. The number of carboxylic acid groups (broad SMARTS) is 1. The number of rotatable bonds is 7. The number of hydrogen-bond donors (Lipinski definition) is 3. The molecular formula is C17H17N6O5S3+. The maximum atomic E-state index is 13.1. The van der Waals surface area contributed by atoms with Gasteiger partial charge in [-0.1, -0.05) is 16.5 Å². The Morgan fingerprint density at radius 3 is 2.94 bits per heavy atom. The number of nitrogens with two attached hydrogens (primary N) is 1. The van der Waals surface area contributed by atoms with Gasteiger partial charge in [-0.3, -0.25) is 19.8 Å². The lowest BCUT2D eigenvalue weighted by Crippen LogP contribution is -2.69. The summed E-state index contributed by atoms with van der Waals surface area (Å²) >= 11 is 3.99. The first-order valence-corrected chi connectivity index (χ1v) is 11.7. The number of oxime groups is 1. The molecule has 2 amide bonds. The van der Waals surface area contributed by atoms with Crippen molar-refractivity contribution in [3.8, 4) is 0 Å². The van der Waals surface area contributed by atoms with Crippen LogP contribution in [0.3, 0.4) is 0 Å². The lowest BCUT2D eigenvalue weighted by Gasteiger charge is -2.48. The molecule has 1 fully saturated rings. The summed E-state index contributed by atoms with van der Waals surface area (Å²) in [6, 6.07) is 0. The number of fused-ring (bicyclic) bond motifs is 1. The zero-order valence-corrected chi connectivity index (χ0v) is 18.4. The van der Waals surface area contributed by atoms with E-state index in [1.807, 2.05) is 5.38 Å². The van der Waals surface area contributed by atoms with Gasteiger partial charge in [-0.2, -0.15) is 4.57 Å². The smallest absolute Gasteiger partial charge is 0.352 e. The Kier molecular flexibility index (Phi) is 5.93. The van der Waals surface area contributed by atoms with Crippen LogP contribution in [0.15, 0.2) is 39.4 Å². The lowest BCUT2D eigenvalue weighted by molar-refractivity contribution is -0.728. The lowest BCUT2D eigenvalue weighted by atomic mass is 9.92. The third kappa shape index (κ3) is 3.88. The van der Waals surface area contributed by atoms with Gasteiger partial charge >= 0.3 is 5.97 Å². The van der Waals surface area contributed by atoms with Crippen LogP contribution < -0.4 is 15.6 Å². The number of carbonyl (C=O) groups excluding carboxylic acids is 2. The van der Waals surface area contributed by atoms with E-state index in [0.29, 0.717) is 5.75 Å². The van der Waals surface area contributed by atoms with E-state index < -0.39 is 29.3 Å². The fourth-order valence-corrected chi connectivity index (χ4v) is 5.84. The normalized spacial score (nSPS) is 21.6. The summed E-state index contributed by atoms with van der Waals surface area (Å²) in [5, 5.41) is 19.3. The molecule has 14 heteroatoms. The topological polar surface area (TPSA) is 151 Å². The van der Waals surface area contributed by atoms with Crippen molar-refractivity contribution >= 4 is 63.1 Å². The minimum Gasteiger partial charge on any atom is -0.477 e. The van der Waals surface area contributed by atoms with Crippen molar-refractivity contribution in [3.63, 3.8) is 0 Å². The number of nitrogen functional groups attached to an aromatic ring is 1. The van der Waals surface area contributed by atoms with Crippen LogP contribution in [0.2, 0.25) is 0 Å². The highest BCUT2D eigenvalue weighted by atomic mass is 32.2. The highest BCUT2D eigenvalue weighted by molar-refractivity contribution is 8.00. The van der Waals surface area contributed by atoms with Gasteiger partial charge in [-0.25, -0.2) is 9.78 Å². The number of amides is 2. The molecule has 0 radical (unpaired) electrons. The molecule has 31 heavy (non-hydrogen) atoms. The predicted octanol–water partition coefficient (Wildman–Crippen LogP) is 0.240. The summed E-state index contributed by atoms with van der Waals surface area (Å²) in [5.41, 5.74) is 7.56. The number of β-lactam (4-membered cyclic amide) rings is 1. The molecule has 2 aliphatic heterocycles. The van der Waals surface area contributed by atoms with Gasteiger partial charge in [0.1, 0.15) is 23.9 Å². The molecule has 4 N–H and O–H groups in total. The molecule has 2 aromatic rings. The van der Waals surface area contributed by atoms with Crippen molar-refractivity contribution < 1.29 is 28.9 Å². The Balaban J connectivity index is 1.62. The number of nitrogens with zero attached hydrogens (tertiary/aromatic N) is 4. The van der Waals surface area contributed by atoms with Crippen molar-refractivity contribution in [3.05, 3.63) is 39.9 Å². The highest BCUT2D eigenvalue weighted by Gasteiger charge is 2.59. The van der Waals surface area contributed by atoms with E-state index >= 15 is 0 Å². The van der Waals surface area contributed by atoms with Gasteiger partial charge in [-0.15, -0.1) is 23.1 Å². The highest BCUT2D eigenvalue weighted by Crippen LogP contribution is 2.44. The number of carboxylic acids is 1. The largest absolute Gasteiger partial charge is 0.477 e. The summed E-state index contributed by atoms with van der Waals surface area (Å²) < 4.78 is 1.71. The van der Waals surface area contributed by atoms with Crippen molar-refractivity contribution in [2.45, 2.75) is 11.5 Å². The minimum absolute atomic E-state index is 0.0371. The number of aromatic nitrogens is 2. The van der Waals surface area contributed by atoms with Crippen molar-refractivity contribution in [1.82, 2.24) is 15.2 Å². The van der Waals surface area contributed by atoms with E-state index in [4.69, 9.17) is 10.6 Å². The van der Waals surface area contributed by atoms with Crippen LogP contribution in [-0.4, -0.2) is 56.7 Å². The van der Waals surface area contributed by atoms with Gasteiger partial charge in [0.2, 0.25) is 17.6 Å². The van der Waals surface area contributed by atoms with Gasteiger partial charge in [0, 0.05) is 11.1 Å². The van der Waals surface area contributed by atoms with Crippen LogP contribution >= 0.6 is 34.4 Å². The quantitative estimate of drug-likeness (QED) is 0.220. The molecule has 0 saturated carbocycles. The van der Waals surface area contributed by atoms with Crippen molar-refractivity contribution in [1.29, 1.82) is 0 Å². The Hall–Kier alpha value is -2.97. The number of thioether (sulfide) groups is 1. The first-order chi connectivity index (χ1) is 14.9. The van der Waals surface area contributed by atoms with E-state index in [9.17, 15) is 19.5 Å². The second-order valence-corrected chi connectivity index (χ2v) is 9.23. The number of thiazole rings is 2. The molecule has 4 heterocycles. The fraction of sp³-hybridized carbons (Fsp3) is 0.294.